The maximum absolute atomic E-state index is 9.84. The van der Waals surface area contributed by atoms with Crippen molar-refractivity contribution in [2.24, 2.45) is 0 Å². The molecular weight excluding hydrogens is 260 g/mol. The second kappa shape index (κ2) is 6.87. The molecule has 0 heterocycles. The van der Waals surface area contributed by atoms with Crippen molar-refractivity contribution < 1.29 is 5.11 Å². The average Bonchev–Trinajstić information content (AvgIpc) is 2.49. The van der Waals surface area contributed by atoms with E-state index in [0.29, 0.717) is 12.1 Å². The van der Waals surface area contributed by atoms with Crippen LogP contribution in [-0.2, 0) is 6.42 Å². The molecule has 0 bridgehead atoms. The Bertz CT molecular complexity index is 507. The van der Waals surface area contributed by atoms with Gasteiger partial charge in [0.05, 0.1) is 8.07 Å². The first-order chi connectivity index (χ1) is 9.64. The van der Waals surface area contributed by atoms with Crippen LogP contribution in [0.5, 0.6) is 0 Å². The first-order valence-electron chi connectivity index (χ1n) is 7.35. The zero-order valence-corrected chi connectivity index (χ0v) is 13.4. The second-order valence-electron chi connectivity index (χ2n) is 5.99. The van der Waals surface area contributed by atoms with Crippen molar-refractivity contribution in [3.63, 3.8) is 0 Å². The number of rotatable bonds is 6. The van der Waals surface area contributed by atoms with Crippen LogP contribution in [0.2, 0.25) is 18.6 Å². The average molecular weight is 284 g/mol. The van der Waals surface area contributed by atoms with Crippen molar-refractivity contribution in [1.29, 1.82) is 0 Å². The smallest absolute Gasteiger partial charge is 0.0859 e. The molecular formula is C18H24OSi. The molecule has 2 aromatic rings. The van der Waals surface area contributed by atoms with E-state index < -0.39 is 8.07 Å². The summed E-state index contributed by atoms with van der Waals surface area (Å²) >= 11 is 0. The molecule has 0 fully saturated rings. The van der Waals surface area contributed by atoms with Crippen molar-refractivity contribution in [3.8, 4) is 0 Å². The topological polar surface area (TPSA) is 20.2 Å². The molecule has 2 aromatic carbocycles. The van der Waals surface area contributed by atoms with Gasteiger partial charge in [-0.15, -0.1) is 0 Å². The molecule has 0 aliphatic rings. The molecule has 1 atom stereocenters. The Morgan fingerprint density at radius 1 is 0.900 bits per heavy atom. The lowest BCUT2D eigenvalue weighted by Gasteiger charge is -2.32. The highest BCUT2D eigenvalue weighted by Gasteiger charge is 2.32. The van der Waals surface area contributed by atoms with Gasteiger partial charge in [0.15, 0.2) is 0 Å². The van der Waals surface area contributed by atoms with Gasteiger partial charge in [-0.05, 0) is 23.9 Å². The molecule has 0 saturated heterocycles. The van der Waals surface area contributed by atoms with E-state index in [-0.39, 0.29) is 0 Å². The maximum Gasteiger partial charge on any atom is 0.0859 e. The molecule has 0 amide bonds. The van der Waals surface area contributed by atoms with Crippen LogP contribution in [0, 0.1) is 0 Å². The molecule has 0 aromatic heterocycles. The molecule has 2 rings (SSSR count). The molecule has 0 spiro atoms. The number of benzene rings is 2. The van der Waals surface area contributed by atoms with Crippen LogP contribution in [0.1, 0.15) is 12.0 Å². The Morgan fingerprint density at radius 2 is 1.45 bits per heavy atom. The first-order valence-corrected chi connectivity index (χ1v) is 10.4. The lowest BCUT2D eigenvalue weighted by Crippen LogP contribution is -2.47. The molecule has 20 heavy (non-hydrogen) atoms. The minimum Gasteiger partial charge on any atom is -0.396 e. The van der Waals surface area contributed by atoms with Gasteiger partial charge in [0.1, 0.15) is 0 Å². The van der Waals surface area contributed by atoms with Gasteiger partial charge < -0.3 is 5.11 Å². The highest BCUT2D eigenvalue weighted by atomic mass is 28.3. The minimum absolute atomic E-state index is 0.293. The Hall–Kier alpha value is -1.38. The second-order valence-corrected chi connectivity index (χ2v) is 10.8. The van der Waals surface area contributed by atoms with Crippen molar-refractivity contribution in [2.45, 2.75) is 31.5 Å². The van der Waals surface area contributed by atoms with E-state index in [2.05, 4.69) is 73.8 Å². The highest BCUT2D eigenvalue weighted by molar-refractivity contribution is 6.91. The number of aliphatic hydroxyl groups is 1. The number of hydrogen-bond acceptors (Lipinski definition) is 1. The van der Waals surface area contributed by atoms with Crippen LogP contribution in [0.4, 0.5) is 0 Å². The first kappa shape index (κ1) is 15.0. The fraction of sp³-hybridized carbons (Fsp3) is 0.333. The van der Waals surface area contributed by atoms with Gasteiger partial charge in [-0.1, -0.05) is 78.9 Å². The Kier molecular flexibility index (Phi) is 5.15. The Morgan fingerprint density at radius 3 is 2.00 bits per heavy atom. The van der Waals surface area contributed by atoms with Gasteiger partial charge in [0.25, 0.3) is 0 Å². The fourth-order valence-corrected chi connectivity index (χ4v) is 5.61. The van der Waals surface area contributed by atoms with Crippen molar-refractivity contribution >= 4 is 13.3 Å². The summed E-state index contributed by atoms with van der Waals surface area (Å²) in [6.07, 6.45) is 2.12. The SMILES string of the molecule is C[Si](C)(c1ccccc1)[C@H](CO)CCc1ccccc1. The van der Waals surface area contributed by atoms with Gasteiger partial charge in [-0.25, -0.2) is 0 Å². The van der Waals surface area contributed by atoms with E-state index in [1.165, 1.54) is 10.8 Å². The van der Waals surface area contributed by atoms with Crippen molar-refractivity contribution in [1.82, 2.24) is 0 Å². The molecule has 1 nitrogen and oxygen atoms in total. The predicted molar refractivity (Wildman–Crippen MR) is 89.2 cm³/mol. The van der Waals surface area contributed by atoms with Crippen molar-refractivity contribution in [2.75, 3.05) is 6.61 Å². The zero-order valence-electron chi connectivity index (χ0n) is 12.4. The Labute approximate surface area is 123 Å². The van der Waals surface area contributed by atoms with Crippen LogP contribution < -0.4 is 5.19 Å². The molecule has 0 aliphatic heterocycles. The van der Waals surface area contributed by atoms with E-state index >= 15 is 0 Å². The number of aryl methyl sites for hydroxylation is 1. The van der Waals surface area contributed by atoms with E-state index in [9.17, 15) is 5.11 Å². The standard InChI is InChI=1S/C18H24OSi/c1-20(2,17-11-7-4-8-12-17)18(15-19)14-13-16-9-5-3-6-10-16/h3-12,18-19H,13-15H2,1-2H3/t18-/m0/s1. The van der Waals surface area contributed by atoms with Gasteiger partial charge in [0.2, 0.25) is 0 Å². The van der Waals surface area contributed by atoms with E-state index in [1.807, 2.05) is 0 Å². The summed E-state index contributed by atoms with van der Waals surface area (Å²) < 4.78 is 0. The molecule has 0 radical (unpaired) electrons. The monoisotopic (exact) mass is 284 g/mol. The molecule has 0 unspecified atom stereocenters. The van der Waals surface area contributed by atoms with Gasteiger partial charge in [-0.2, -0.15) is 0 Å². The van der Waals surface area contributed by atoms with Crippen molar-refractivity contribution in [3.05, 3.63) is 66.2 Å². The Balaban J connectivity index is 2.08. The van der Waals surface area contributed by atoms with E-state index in [4.69, 9.17) is 0 Å². The molecule has 2 heteroatoms. The summed E-state index contributed by atoms with van der Waals surface area (Å²) in [5.41, 5.74) is 1.77. The van der Waals surface area contributed by atoms with Crippen LogP contribution in [0.25, 0.3) is 0 Å². The summed E-state index contributed by atoms with van der Waals surface area (Å²) in [5, 5.41) is 11.3. The largest absolute Gasteiger partial charge is 0.396 e. The molecule has 0 saturated carbocycles. The normalized spacial score (nSPS) is 13.2. The molecule has 0 aliphatic carbocycles. The third-order valence-corrected chi connectivity index (χ3v) is 8.72. The van der Waals surface area contributed by atoms with Crippen LogP contribution >= 0.6 is 0 Å². The lowest BCUT2D eigenvalue weighted by atomic mass is 10.1. The van der Waals surface area contributed by atoms with Gasteiger partial charge >= 0.3 is 0 Å². The maximum atomic E-state index is 9.84. The summed E-state index contributed by atoms with van der Waals surface area (Å²) in [7, 11) is -1.61. The summed E-state index contributed by atoms with van der Waals surface area (Å²) in [6, 6.07) is 21.3. The third-order valence-electron chi connectivity index (χ3n) is 4.38. The van der Waals surface area contributed by atoms with Gasteiger partial charge in [0, 0.05) is 6.61 Å². The number of hydrogen-bond donors (Lipinski definition) is 1. The van der Waals surface area contributed by atoms with E-state index in [1.54, 1.807) is 0 Å². The third kappa shape index (κ3) is 3.59. The summed E-state index contributed by atoms with van der Waals surface area (Å²) in [5.74, 6) is 0. The zero-order chi connectivity index (χ0) is 14.4. The summed E-state index contributed by atoms with van der Waals surface area (Å²) in [4.78, 5) is 0. The quantitative estimate of drug-likeness (QED) is 0.804. The predicted octanol–water partition coefficient (Wildman–Crippen LogP) is 3.60. The lowest BCUT2D eigenvalue weighted by molar-refractivity contribution is 0.281. The summed E-state index contributed by atoms with van der Waals surface area (Å²) in [6.45, 7) is 5.03. The molecule has 1 N–H and O–H groups in total. The highest BCUT2D eigenvalue weighted by Crippen LogP contribution is 2.26. The molecule has 106 valence electrons. The van der Waals surface area contributed by atoms with Crippen LogP contribution in [0.15, 0.2) is 60.7 Å². The fourth-order valence-electron chi connectivity index (χ4n) is 2.77. The number of aliphatic hydroxyl groups excluding tert-OH is 1. The van der Waals surface area contributed by atoms with E-state index in [0.717, 1.165) is 12.8 Å². The van der Waals surface area contributed by atoms with Gasteiger partial charge in [-0.3, -0.25) is 0 Å². The minimum atomic E-state index is -1.61. The van der Waals surface area contributed by atoms with Crippen LogP contribution in [-0.4, -0.2) is 19.8 Å². The van der Waals surface area contributed by atoms with Crippen LogP contribution in [0.3, 0.4) is 0 Å².